The molecule has 3 aromatic rings. The summed E-state index contributed by atoms with van der Waals surface area (Å²) in [6, 6.07) is 12.0. The molecule has 0 saturated carbocycles. The van der Waals surface area contributed by atoms with Crippen molar-refractivity contribution in [1.29, 1.82) is 0 Å². The second kappa shape index (κ2) is 6.98. The van der Waals surface area contributed by atoms with Gasteiger partial charge in [-0.15, -0.1) is 0 Å². The quantitative estimate of drug-likeness (QED) is 0.504. The van der Waals surface area contributed by atoms with Crippen LogP contribution in [0.15, 0.2) is 48.5 Å². The number of benzene rings is 2. The first kappa shape index (κ1) is 17.0. The lowest BCUT2D eigenvalue weighted by atomic mass is 9.97. The number of nitrogen functional groups attached to an aromatic ring is 1. The normalized spacial score (nSPS) is 10.6. The highest BCUT2D eigenvalue weighted by Gasteiger charge is 2.22. The predicted octanol–water partition coefficient (Wildman–Crippen LogP) is 3.61. The van der Waals surface area contributed by atoms with Gasteiger partial charge in [0, 0.05) is 16.7 Å². The Morgan fingerprint density at radius 1 is 1.12 bits per heavy atom. The Labute approximate surface area is 151 Å². The molecule has 0 amide bonds. The van der Waals surface area contributed by atoms with Gasteiger partial charge in [0.15, 0.2) is 11.6 Å². The summed E-state index contributed by atoms with van der Waals surface area (Å²) >= 11 is 3.11. The number of ketones is 2. The Balaban J connectivity index is 2.05. The molecule has 2 aromatic carbocycles. The number of aromatic nitrogens is 2. The molecule has 5 nitrogen and oxygen atoms in total. The van der Waals surface area contributed by atoms with Crippen molar-refractivity contribution >= 4 is 33.3 Å². The number of nitrogens with two attached hydrogens (primary N) is 1. The third-order valence-corrected chi connectivity index (χ3v) is 4.22. The summed E-state index contributed by atoms with van der Waals surface area (Å²) in [7, 11) is 0. The summed E-state index contributed by atoms with van der Waals surface area (Å²) in [6.07, 6.45) is 0. The van der Waals surface area contributed by atoms with E-state index in [-0.39, 0.29) is 34.1 Å². The number of hydrogen-bond donors (Lipinski definition) is 2. The second-order valence-electron chi connectivity index (χ2n) is 5.33. The van der Waals surface area contributed by atoms with Crippen molar-refractivity contribution in [3.63, 3.8) is 0 Å². The van der Waals surface area contributed by atoms with E-state index in [0.29, 0.717) is 22.4 Å². The average molecular weight is 402 g/mol. The molecule has 0 aliphatic heterocycles. The van der Waals surface area contributed by atoms with Gasteiger partial charge in [0.05, 0.1) is 10.9 Å². The monoisotopic (exact) mass is 401 g/mol. The number of alkyl halides is 1. The first-order valence-corrected chi connectivity index (χ1v) is 8.47. The number of anilines is 1. The van der Waals surface area contributed by atoms with Gasteiger partial charge in [0.1, 0.15) is 17.3 Å². The fourth-order valence-electron chi connectivity index (χ4n) is 2.46. The van der Waals surface area contributed by atoms with Crippen molar-refractivity contribution in [1.82, 2.24) is 10.2 Å². The molecular weight excluding hydrogens is 389 g/mol. The molecule has 0 bridgehead atoms. The number of halogens is 2. The van der Waals surface area contributed by atoms with Crippen LogP contribution >= 0.6 is 15.9 Å². The van der Waals surface area contributed by atoms with Crippen molar-refractivity contribution in [3.05, 3.63) is 71.0 Å². The maximum Gasteiger partial charge on any atom is 0.199 e. The molecule has 3 N–H and O–H groups in total. The van der Waals surface area contributed by atoms with Gasteiger partial charge in [0.25, 0.3) is 0 Å². The van der Waals surface area contributed by atoms with E-state index in [1.165, 1.54) is 30.3 Å². The summed E-state index contributed by atoms with van der Waals surface area (Å²) in [4.78, 5) is 24.7. The van der Waals surface area contributed by atoms with Gasteiger partial charge in [-0.1, -0.05) is 34.1 Å². The molecule has 0 spiro atoms. The Morgan fingerprint density at radius 3 is 2.48 bits per heavy atom. The first-order valence-electron chi connectivity index (χ1n) is 7.35. The molecular formula is C18H13BrFN3O2. The maximum absolute atomic E-state index is 13.1. The molecule has 0 fully saturated rings. The van der Waals surface area contributed by atoms with E-state index in [1.54, 1.807) is 18.2 Å². The molecule has 1 aromatic heterocycles. The third-order valence-electron chi connectivity index (χ3n) is 3.71. The highest BCUT2D eigenvalue weighted by Crippen LogP contribution is 2.28. The van der Waals surface area contributed by atoms with E-state index in [1.807, 2.05) is 0 Å². The molecule has 1 heterocycles. The Bertz CT molecular complexity index is 951. The largest absolute Gasteiger partial charge is 0.383 e. The van der Waals surface area contributed by atoms with Crippen LogP contribution < -0.4 is 5.73 Å². The minimum absolute atomic E-state index is 0.113. The third kappa shape index (κ3) is 3.36. The molecule has 25 heavy (non-hydrogen) atoms. The van der Waals surface area contributed by atoms with Crippen LogP contribution in [0.2, 0.25) is 0 Å². The van der Waals surface area contributed by atoms with E-state index in [0.717, 1.165) is 0 Å². The Kier molecular flexibility index (Phi) is 4.76. The molecule has 0 aliphatic rings. The standard InChI is InChI=1S/C18H13BrFN3O2/c19-9-14(24)11-2-1-3-12(8-11)17(25)15-16(22-23-18(15)21)10-4-6-13(20)7-5-10/h1-8H,9H2,(H3,21,22,23). The van der Waals surface area contributed by atoms with E-state index < -0.39 is 0 Å². The van der Waals surface area contributed by atoms with Gasteiger partial charge < -0.3 is 5.73 Å². The van der Waals surface area contributed by atoms with E-state index in [2.05, 4.69) is 26.1 Å². The lowest BCUT2D eigenvalue weighted by Gasteiger charge is -2.05. The minimum atomic E-state index is -0.388. The van der Waals surface area contributed by atoms with Crippen molar-refractivity contribution in [2.24, 2.45) is 0 Å². The van der Waals surface area contributed by atoms with Crippen LogP contribution in [-0.4, -0.2) is 27.1 Å². The summed E-state index contributed by atoms with van der Waals surface area (Å²) < 4.78 is 13.1. The lowest BCUT2D eigenvalue weighted by Crippen LogP contribution is -2.08. The molecule has 0 atom stereocenters. The highest BCUT2D eigenvalue weighted by molar-refractivity contribution is 9.09. The number of H-pyrrole nitrogens is 1. The lowest BCUT2D eigenvalue weighted by molar-refractivity contribution is 0.102. The molecule has 3 rings (SSSR count). The Hall–Kier alpha value is -2.80. The predicted molar refractivity (Wildman–Crippen MR) is 96.4 cm³/mol. The summed E-state index contributed by atoms with van der Waals surface area (Å²) in [5, 5.41) is 6.82. The van der Waals surface area contributed by atoms with Gasteiger partial charge in [-0.25, -0.2) is 4.39 Å². The SMILES string of the molecule is Nc1[nH]nc(-c2ccc(F)cc2)c1C(=O)c1cccc(C(=O)CBr)c1. The fraction of sp³-hybridized carbons (Fsp3) is 0.0556. The Morgan fingerprint density at radius 2 is 1.80 bits per heavy atom. The average Bonchev–Trinajstić information content (AvgIpc) is 3.02. The number of rotatable bonds is 5. The zero-order chi connectivity index (χ0) is 18.0. The topological polar surface area (TPSA) is 88.8 Å². The van der Waals surface area contributed by atoms with Crippen LogP contribution in [0.25, 0.3) is 11.3 Å². The van der Waals surface area contributed by atoms with E-state index in [9.17, 15) is 14.0 Å². The molecule has 0 aliphatic carbocycles. The molecule has 0 saturated heterocycles. The van der Waals surface area contributed by atoms with Gasteiger partial charge >= 0.3 is 0 Å². The summed E-state index contributed by atoms with van der Waals surface area (Å²) in [6.45, 7) is 0. The van der Waals surface area contributed by atoms with Gasteiger partial charge in [-0.05, 0) is 30.3 Å². The van der Waals surface area contributed by atoms with Crippen molar-refractivity contribution in [3.8, 4) is 11.3 Å². The van der Waals surface area contributed by atoms with Crippen LogP contribution in [-0.2, 0) is 0 Å². The maximum atomic E-state index is 13.1. The summed E-state index contributed by atoms with van der Waals surface area (Å²) in [5.41, 5.74) is 7.71. The van der Waals surface area contributed by atoms with E-state index in [4.69, 9.17) is 5.73 Å². The summed E-state index contributed by atoms with van der Waals surface area (Å²) in [5.74, 6) is -0.772. The zero-order valence-corrected chi connectivity index (χ0v) is 14.5. The van der Waals surface area contributed by atoms with Crippen LogP contribution in [0, 0.1) is 5.82 Å². The zero-order valence-electron chi connectivity index (χ0n) is 12.9. The van der Waals surface area contributed by atoms with Gasteiger partial charge in [-0.3, -0.25) is 14.7 Å². The molecule has 0 unspecified atom stereocenters. The van der Waals surface area contributed by atoms with Crippen molar-refractivity contribution in [2.75, 3.05) is 11.1 Å². The van der Waals surface area contributed by atoms with E-state index >= 15 is 0 Å². The number of Topliss-reactive ketones (excluding diaryl/α,β-unsaturated/α-hetero) is 1. The molecule has 0 radical (unpaired) electrons. The number of hydrogen-bond acceptors (Lipinski definition) is 4. The number of nitrogens with one attached hydrogen (secondary N) is 1. The number of carbonyl (C=O) groups excluding carboxylic acids is 2. The number of nitrogens with zero attached hydrogens (tertiary/aromatic N) is 1. The first-order chi connectivity index (χ1) is 12.0. The second-order valence-corrected chi connectivity index (χ2v) is 5.90. The van der Waals surface area contributed by atoms with Crippen LogP contribution in [0.5, 0.6) is 0 Å². The van der Waals surface area contributed by atoms with Crippen LogP contribution in [0.3, 0.4) is 0 Å². The molecule has 126 valence electrons. The smallest absolute Gasteiger partial charge is 0.199 e. The van der Waals surface area contributed by atoms with Gasteiger partial charge in [0.2, 0.25) is 0 Å². The highest BCUT2D eigenvalue weighted by atomic mass is 79.9. The van der Waals surface area contributed by atoms with Crippen molar-refractivity contribution < 1.29 is 14.0 Å². The number of aromatic amines is 1. The van der Waals surface area contributed by atoms with Crippen molar-refractivity contribution in [2.45, 2.75) is 0 Å². The van der Waals surface area contributed by atoms with Gasteiger partial charge in [-0.2, -0.15) is 5.10 Å². The number of carbonyl (C=O) groups is 2. The molecule has 7 heteroatoms. The van der Waals surface area contributed by atoms with Crippen LogP contribution in [0.4, 0.5) is 10.2 Å². The minimum Gasteiger partial charge on any atom is -0.383 e. The fourth-order valence-corrected chi connectivity index (χ4v) is 2.78. The van der Waals surface area contributed by atoms with Crippen LogP contribution in [0.1, 0.15) is 26.3 Å².